The minimum atomic E-state index is -1.34. The Balaban J connectivity index is 4.45. The Morgan fingerprint density at radius 1 is 1.53 bits per heavy atom. The molecule has 5 heteroatoms. The number of aliphatic hydroxyl groups is 1. The molecule has 15 heavy (non-hydrogen) atoms. The zero-order chi connectivity index (χ0) is 12.2. The first-order chi connectivity index (χ1) is 6.70. The lowest BCUT2D eigenvalue weighted by atomic mass is 10.0. The van der Waals surface area contributed by atoms with E-state index in [0.29, 0.717) is 0 Å². The number of halogens is 1. The minimum absolute atomic E-state index is 0.438. The number of esters is 1. The van der Waals surface area contributed by atoms with Crippen molar-refractivity contribution in [1.82, 2.24) is 0 Å². The molecule has 0 aliphatic carbocycles. The van der Waals surface area contributed by atoms with Crippen LogP contribution in [0.4, 0.5) is 0 Å². The van der Waals surface area contributed by atoms with E-state index in [1.807, 2.05) is 0 Å². The molecule has 2 unspecified atom stereocenters. The lowest BCUT2D eigenvalue weighted by molar-refractivity contribution is -0.152. The van der Waals surface area contributed by atoms with Crippen LogP contribution in [0.3, 0.4) is 0 Å². The second-order valence-electron chi connectivity index (χ2n) is 3.63. The zero-order valence-corrected chi connectivity index (χ0v) is 10.6. The molecule has 0 aromatic heterocycles. The summed E-state index contributed by atoms with van der Waals surface area (Å²) in [7, 11) is 0. The van der Waals surface area contributed by atoms with Crippen LogP contribution in [0.15, 0.2) is 12.7 Å². The van der Waals surface area contributed by atoms with Gasteiger partial charge in [0.2, 0.25) is 0 Å². The third-order valence-electron chi connectivity index (χ3n) is 1.77. The maximum Gasteiger partial charge on any atom is 0.330 e. The Labute approximate surface area is 97.4 Å². The molecular weight excluding hydrogens is 264 g/mol. The molecule has 0 rings (SSSR count). The maximum atomic E-state index is 11.6. The summed E-state index contributed by atoms with van der Waals surface area (Å²) in [5.41, 5.74) is 0. The summed E-state index contributed by atoms with van der Waals surface area (Å²) in [6.07, 6.45) is -1.25. The van der Waals surface area contributed by atoms with Gasteiger partial charge in [-0.3, -0.25) is 4.79 Å². The zero-order valence-electron chi connectivity index (χ0n) is 8.99. The van der Waals surface area contributed by atoms with Crippen molar-refractivity contribution in [2.45, 2.75) is 37.3 Å². The number of carbonyl (C=O) groups excluding carboxylic acids is 2. The van der Waals surface area contributed by atoms with E-state index in [4.69, 9.17) is 4.74 Å². The van der Waals surface area contributed by atoms with Crippen LogP contribution in [0.2, 0.25) is 0 Å². The van der Waals surface area contributed by atoms with E-state index in [2.05, 4.69) is 22.5 Å². The fourth-order valence-electron chi connectivity index (χ4n) is 0.861. The van der Waals surface area contributed by atoms with Gasteiger partial charge in [0.15, 0.2) is 11.9 Å². The molecule has 0 saturated carbocycles. The molecule has 86 valence electrons. The van der Waals surface area contributed by atoms with Crippen LogP contribution in [0.25, 0.3) is 0 Å². The lowest BCUT2D eigenvalue weighted by Crippen LogP contribution is -2.43. The normalized spacial score (nSPS) is 15.3. The lowest BCUT2D eigenvalue weighted by Gasteiger charge is -2.23. The molecule has 4 nitrogen and oxygen atoms in total. The van der Waals surface area contributed by atoms with Crippen LogP contribution < -0.4 is 0 Å². The first kappa shape index (κ1) is 14.3. The molecule has 0 aromatic carbocycles. The van der Waals surface area contributed by atoms with Gasteiger partial charge in [-0.05, 0) is 20.8 Å². The van der Waals surface area contributed by atoms with Crippen LogP contribution in [-0.4, -0.2) is 33.4 Å². The van der Waals surface area contributed by atoms with Gasteiger partial charge in [0.05, 0.1) is 4.32 Å². The summed E-state index contributed by atoms with van der Waals surface area (Å²) >= 11 is 3.13. The summed E-state index contributed by atoms with van der Waals surface area (Å²) in [6, 6.07) is 0. The van der Waals surface area contributed by atoms with Crippen LogP contribution in [0.1, 0.15) is 20.8 Å². The minimum Gasteiger partial charge on any atom is -0.456 e. The average molecular weight is 279 g/mol. The first-order valence-corrected chi connectivity index (χ1v) is 5.23. The topological polar surface area (TPSA) is 63.6 Å². The fourth-order valence-corrected chi connectivity index (χ4v) is 1.10. The highest BCUT2D eigenvalue weighted by molar-refractivity contribution is 9.10. The van der Waals surface area contributed by atoms with Crippen molar-refractivity contribution in [1.29, 1.82) is 0 Å². The largest absolute Gasteiger partial charge is 0.456 e. The molecule has 0 bridgehead atoms. The third-order valence-corrected chi connectivity index (χ3v) is 2.16. The van der Waals surface area contributed by atoms with Gasteiger partial charge in [-0.25, -0.2) is 4.79 Å². The number of hydrogen-bond acceptors (Lipinski definition) is 4. The highest BCUT2D eigenvalue weighted by Gasteiger charge is 2.34. The average Bonchev–Trinajstić information content (AvgIpc) is 2.13. The van der Waals surface area contributed by atoms with E-state index in [1.54, 1.807) is 13.8 Å². The summed E-state index contributed by atoms with van der Waals surface area (Å²) in [5.74, 6) is -1.10. The highest BCUT2D eigenvalue weighted by atomic mass is 79.9. The van der Waals surface area contributed by atoms with Gasteiger partial charge in [0.25, 0.3) is 0 Å². The summed E-state index contributed by atoms with van der Waals surface area (Å²) in [4.78, 5) is 22.4. The predicted molar refractivity (Wildman–Crippen MR) is 59.8 cm³/mol. The second-order valence-corrected chi connectivity index (χ2v) is 5.61. The van der Waals surface area contributed by atoms with Crippen molar-refractivity contribution in [3.05, 3.63) is 12.7 Å². The maximum absolute atomic E-state index is 11.6. The number of ether oxygens (including phenoxy) is 1. The summed E-state index contributed by atoms with van der Waals surface area (Å²) in [6.45, 7) is 7.89. The smallest absolute Gasteiger partial charge is 0.330 e. The predicted octanol–water partition coefficient (Wildman–Crippen LogP) is 1.21. The van der Waals surface area contributed by atoms with Crippen LogP contribution >= 0.6 is 15.9 Å². The van der Waals surface area contributed by atoms with Gasteiger partial charge in [0, 0.05) is 6.08 Å². The van der Waals surface area contributed by atoms with Crippen LogP contribution in [-0.2, 0) is 14.3 Å². The molecule has 0 radical (unpaired) electrons. The van der Waals surface area contributed by atoms with Crippen molar-refractivity contribution in [2.75, 3.05) is 0 Å². The number of ketones is 1. The molecule has 0 spiro atoms. The van der Waals surface area contributed by atoms with Gasteiger partial charge in [-0.1, -0.05) is 22.5 Å². The van der Waals surface area contributed by atoms with Gasteiger partial charge in [0.1, 0.15) is 6.10 Å². The van der Waals surface area contributed by atoms with Crippen molar-refractivity contribution >= 4 is 27.7 Å². The SMILES string of the molecule is C=CC(=O)OC(C)C(O)C(=O)C(C)(C)Br. The van der Waals surface area contributed by atoms with Gasteiger partial charge in [-0.15, -0.1) is 0 Å². The Morgan fingerprint density at radius 2 is 2.00 bits per heavy atom. The van der Waals surface area contributed by atoms with E-state index in [0.717, 1.165) is 6.08 Å². The van der Waals surface area contributed by atoms with Crippen molar-refractivity contribution in [3.63, 3.8) is 0 Å². The van der Waals surface area contributed by atoms with E-state index < -0.39 is 28.3 Å². The van der Waals surface area contributed by atoms with E-state index in [1.165, 1.54) is 6.92 Å². The van der Waals surface area contributed by atoms with Crippen LogP contribution in [0, 0.1) is 0 Å². The molecule has 0 fully saturated rings. The Bertz CT molecular complexity index is 267. The molecule has 1 N–H and O–H groups in total. The van der Waals surface area contributed by atoms with Crippen molar-refractivity contribution < 1.29 is 19.4 Å². The van der Waals surface area contributed by atoms with Gasteiger partial charge >= 0.3 is 5.97 Å². The molecule has 0 heterocycles. The third kappa shape index (κ3) is 4.57. The Morgan fingerprint density at radius 3 is 2.33 bits per heavy atom. The molecule has 0 amide bonds. The molecule has 0 aromatic rings. The van der Waals surface area contributed by atoms with Crippen molar-refractivity contribution in [2.24, 2.45) is 0 Å². The quantitative estimate of drug-likeness (QED) is 0.467. The van der Waals surface area contributed by atoms with E-state index in [9.17, 15) is 14.7 Å². The molecule has 2 atom stereocenters. The van der Waals surface area contributed by atoms with E-state index >= 15 is 0 Å². The first-order valence-electron chi connectivity index (χ1n) is 4.44. The molecular formula is C10H15BrO4. The second kappa shape index (κ2) is 5.42. The number of carbonyl (C=O) groups is 2. The summed E-state index contributed by atoms with van der Waals surface area (Å²) < 4.78 is 3.88. The standard InChI is InChI=1S/C10H15BrO4/c1-5-7(12)15-6(2)8(13)9(14)10(3,4)11/h5-6,8,13H,1H2,2-4H3. The number of aliphatic hydroxyl groups excluding tert-OH is 1. The Kier molecular flexibility index (Phi) is 5.17. The number of hydrogen-bond donors (Lipinski definition) is 1. The number of alkyl halides is 1. The van der Waals surface area contributed by atoms with E-state index in [-0.39, 0.29) is 0 Å². The van der Waals surface area contributed by atoms with Gasteiger partial charge < -0.3 is 9.84 Å². The van der Waals surface area contributed by atoms with Gasteiger partial charge in [-0.2, -0.15) is 0 Å². The Hall–Kier alpha value is -0.680. The van der Waals surface area contributed by atoms with Crippen molar-refractivity contribution in [3.8, 4) is 0 Å². The highest BCUT2D eigenvalue weighted by Crippen LogP contribution is 2.20. The molecule has 0 saturated heterocycles. The fraction of sp³-hybridized carbons (Fsp3) is 0.600. The molecule has 0 aliphatic rings. The summed E-state index contributed by atoms with van der Waals surface area (Å²) in [5, 5.41) is 9.58. The number of Topliss-reactive ketones (excluding diaryl/α,β-unsaturated/α-hetero) is 1. The monoisotopic (exact) mass is 278 g/mol. The van der Waals surface area contributed by atoms with Crippen LogP contribution in [0.5, 0.6) is 0 Å². The number of rotatable bonds is 5. The molecule has 0 aliphatic heterocycles.